The van der Waals surface area contributed by atoms with E-state index in [1.54, 1.807) is 0 Å². The number of hydrogen-bond acceptors (Lipinski definition) is 3. The molecule has 3 aliphatic carbocycles. The van der Waals surface area contributed by atoms with E-state index in [-0.39, 0.29) is 5.91 Å². The molecule has 0 unspecified atom stereocenters. The summed E-state index contributed by atoms with van der Waals surface area (Å²) in [5.41, 5.74) is 6.33. The van der Waals surface area contributed by atoms with E-state index in [2.05, 4.69) is 60.5 Å². The van der Waals surface area contributed by atoms with Crippen molar-refractivity contribution in [1.29, 1.82) is 0 Å². The number of hydrogen-bond donors (Lipinski definition) is 1. The van der Waals surface area contributed by atoms with Gasteiger partial charge in [-0.15, -0.1) is 11.8 Å². The van der Waals surface area contributed by atoms with Gasteiger partial charge in [-0.25, -0.2) is 0 Å². The Labute approximate surface area is 171 Å². The van der Waals surface area contributed by atoms with E-state index >= 15 is 0 Å². The van der Waals surface area contributed by atoms with Gasteiger partial charge in [0.05, 0.1) is 0 Å². The second-order valence-electron chi connectivity index (χ2n) is 9.04. The topological polar surface area (TPSA) is 32.3 Å². The van der Waals surface area contributed by atoms with Crippen molar-refractivity contribution < 1.29 is 4.79 Å². The van der Waals surface area contributed by atoms with Crippen molar-refractivity contribution >= 4 is 29.0 Å². The summed E-state index contributed by atoms with van der Waals surface area (Å²) in [5, 5.41) is 3.22. The highest BCUT2D eigenvalue weighted by atomic mass is 32.2. The van der Waals surface area contributed by atoms with Crippen molar-refractivity contribution in [1.82, 2.24) is 0 Å². The summed E-state index contributed by atoms with van der Waals surface area (Å²) in [4.78, 5) is 16.5. The molecule has 3 nitrogen and oxygen atoms in total. The third-order valence-corrected chi connectivity index (χ3v) is 7.90. The highest BCUT2D eigenvalue weighted by Crippen LogP contribution is 2.66. The van der Waals surface area contributed by atoms with E-state index in [4.69, 9.17) is 0 Å². The summed E-state index contributed by atoms with van der Waals surface area (Å²) in [5.74, 6) is 2.21. The Bertz CT molecular complexity index is 898. The Morgan fingerprint density at radius 2 is 1.89 bits per heavy atom. The lowest BCUT2D eigenvalue weighted by atomic mass is 9.43. The van der Waals surface area contributed by atoms with E-state index in [0.29, 0.717) is 11.8 Å². The average molecular weight is 393 g/mol. The number of thioether (sulfide) groups is 1. The van der Waals surface area contributed by atoms with Crippen molar-refractivity contribution in [3.63, 3.8) is 0 Å². The van der Waals surface area contributed by atoms with Gasteiger partial charge in [-0.2, -0.15) is 0 Å². The number of fused-ring (bicyclic) bond motifs is 1. The number of carbonyl (C=O) groups excluding carboxylic acids is 1. The number of benzene rings is 2. The number of rotatable bonds is 4. The Morgan fingerprint density at radius 1 is 1.18 bits per heavy atom. The number of anilines is 2. The molecule has 1 N–H and O–H groups in total. The fourth-order valence-electron chi connectivity index (χ4n) is 5.26. The number of nitrogens with one attached hydrogen (secondary N) is 1. The van der Waals surface area contributed by atoms with Crippen LogP contribution in [0.15, 0.2) is 41.3 Å². The fourth-order valence-corrected chi connectivity index (χ4v) is 6.29. The Morgan fingerprint density at radius 3 is 2.57 bits per heavy atom. The molecule has 2 bridgehead atoms. The van der Waals surface area contributed by atoms with Gasteiger partial charge in [0.1, 0.15) is 0 Å². The molecular weight excluding hydrogens is 364 g/mol. The Hall–Kier alpha value is -1.94. The van der Waals surface area contributed by atoms with Gasteiger partial charge in [-0.05, 0) is 79.3 Å². The molecule has 1 aliphatic heterocycles. The molecule has 1 heterocycles. The zero-order valence-corrected chi connectivity index (χ0v) is 17.6. The van der Waals surface area contributed by atoms with Gasteiger partial charge in [0, 0.05) is 41.5 Å². The van der Waals surface area contributed by atoms with Gasteiger partial charge >= 0.3 is 0 Å². The van der Waals surface area contributed by atoms with E-state index in [9.17, 15) is 4.79 Å². The summed E-state index contributed by atoms with van der Waals surface area (Å²) < 4.78 is 0. The van der Waals surface area contributed by atoms with Gasteiger partial charge in [0.25, 0.3) is 0 Å². The lowest BCUT2D eigenvalue weighted by Gasteiger charge is -2.61. The maximum Gasteiger partial charge on any atom is 0.224 e. The molecule has 4 aliphatic rings. The smallest absolute Gasteiger partial charge is 0.224 e. The van der Waals surface area contributed by atoms with Crippen molar-refractivity contribution in [2.24, 2.45) is 11.3 Å². The molecule has 0 radical (unpaired) electrons. The number of aryl methyl sites for hydroxylation is 2. The lowest BCUT2D eigenvalue weighted by Crippen LogP contribution is -2.53. The molecule has 0 atom stereocenters. The molecule has 0 spiro atoms. The summed E-state index contributed by atoms with van der Waals surface area (Å²) in [6.45, 7) is 6.21. The van der Waals surface area contributed by atoms with Crippen LogP contribution in [0.1, 0.15) is 42.4 Å². The Kier molecular flexibility index (Phi) is 4.42. The van der Waals surface area contributed by atoms with Gasteiger partial charge in [-0.1, -0.05) is 18.2 Å². The average Bonchev–Trinajstić information content (AvgIpc) is 2.82. The predicted octanol–water partition coefficient (Wildman–Crippen LogP) is 5.54. The third kappa shape index (κ3) is 3.22. The fraction of sp³-hybridized carbons (Fsp3) is 0.458. The number of carbonyl (C=O) groups is 1. The molecule has 28 heavy (non-hydrogen) atoms. The number of nitrogens with zero attached hydrogens (tertiary/aromatic N) is 1. The second kappa shape index (κ2) is 6.84. The maximum atomic E-state index is 12.6. The van der Waals surface area contributed by atoms with Crippen LogP contribution in [-0.2, 0) is 11.3 Å². The minimum Gasteiger partial charge on any atom is -0.366 e. The molecule has 1 amide bonds. The van der Waals surface area contributed by atoms with Crippen molar-refractivity contribution in [3.8, 4) is 0 Å². The normalized spacial score (nSPS) is 25.2. The van der Waals surface area contributed by atoms with Gasteiger partial charge in [0.15, 0.2) is 0 Å². The first kappa shape index (κ1) is 18.1. The minimum absolute atomic E-state index is 0.192. The third-order valence-electron chi connectivity index (χ3n) is 6.80. The molecule has 6 rings (SSSR count). The molecule has 146 valence electrons. The van der Waals surface area contributed by atoms with E-state index in [1.807, 2.05) is 11.8 Å². The summed E-state index contributed by atoms with van der Waals surface area (Å²) in [7, 11) is 0. The predicted molar refractivity (Wildman–Crippen MR) is 117 cm³/mol. The molecule has 3 saturated carbocycles. The van der Waals surface area contributed by atoms with E-state index in [0.717, 1.165) is 41.6 Å². The highest BCUT2D eigenvalue weighted by Gasteiger charge is 2.56. The highest BCUT2D eigenvalue weighted by molar-refractivity contribution is 7.99. The van der Waals surface area contributed by atoms with Crippen LogP contribution in [0, 0.1) is 25.2 Å². The first-order valence-corrected chi connectivity index (χ1v) is 11.4. The molecule has 2 aromatic carbocycles. The van der Waals surface area contributed by atoms with Crippen LogP contribution in [0.2, 0.25) is 0 Å². The summed E-state index contributed by atoms with van der Waals surface area (Å²) in [6.07, 6.45) is 4.51. The van der Waals surface area contributed by atoms with Gasteiger partial charge in [0.2, 0.25) is 5.91 Å². The van der Waals surface area contributed by atoms with Crippen molar-refractivity contribution in [3.05, 3.63) is 53.1 Å². The zero-order valence-electron chi connectivity index (χ0n) is 16.8. The molecule has 4 heteroatoms. The van der Waals surface area contributed by atoms with Crippen LogP contribution in [0.3, 0.4) is 0 Å². The second-order valence-corrected chi connectivity index (χ2v) is 10.2. The lowest BCUT2D eigenvalue weighted by molar-refractivity contribution is -0.139. The molecule has 0 saturated heterocycles. The largest absolute Gasteiger partial charge is 0.366 e. The first-order valence-electron chi connectivity index (χ1n) is 10.4. The van der Waals surface area contributed by atoms with Crippen molar-refractivity contribution in [2.45, 2.75) is 51.0 Å². The SMILES string of the molecule is Cc1cc(N2CCSc3ccccc3C2)cc(C)c1NC(=O)CC12CC(C1)C2. The van der Waals surface area contributed by atoms with E-state index < -0.39 is 0 Å². The molecule has 2 aromatic rings. The molecule has 3 fully saturated rings. The van der Waals surface area contributed by atoms with Crippen LogP contribution in [0.25, 0.3) is 0 Å². The zero-order chi connectivity index (χ0) is 19.3. The summed E-state index contributed by atoms with van der Waals surface area (Å²) >= 11 is 1.95. The van der Waals surface area contributed by atoms with Crippen LogP contribution in [0.5, 0.6) is 0 Å². The molecular formula is C24H28N2OS. The van der Waals surface area contributed by atoms with Gasteiger partial charge in [-0.3, -0.25) is 4.79 Å². The quantitative estimate of drug-likeness (QED) is 0.741. The van der Waals surface area contributed by atoms with Crippen LogP contribution in [0.4, 0.5) is 11.4 Å². The maximum absolute atomic E-state index is 12.6. The monoisotopic (exact) mass is 392 g/mol. The summed E-state index contributed by atoms with van der Waals surface area (Å²) in [6, 6.07) is 13.2. The minimum atomic E-state index is 0.192. The van der Waals surface area contributed by atoms with Crippen molar-refractivity contribution in [2.75, 3.05) is 22.5 Å². The Balaban J connectivity index is 1.33. The van der Waals surface area contributed by atoms with Gasteiger partial charge < -0.3 is 10.2 Å². The van der Waals surface area contributed by atoms with Crippen LogP contribution >= 0.6 is 11.8 Å². The first-order chi connectivity index (χ1) is 13.5. The standard InChI is InChI=1S/C24H28N2OS/c1-16-9-20(26-7-8-28-21-6-4-3-5-19(21)15-26)10-17(2)23(16)25-22(27)14-24-11-18(12-24)13-24/h3-6,9-10,18H,7-8,11-15H2,1-2H3,(H,25,27). The van der Waals surface area contributed by atoms with Crippen LogP contribution in [-0.4, -0.2) is 18.2 Å². The van der Waals surface area contributed by atoms with E-state index in [1.165, 1.54) is 35.4 Å². The molecule has 0 aromatic heterocycles. The number of amides is 1. The van der Waals surface area contributed by atoms with Crippen LogP contribution < -0.4 is 10.2 Å².